The second kappa shape index (κ2) is 4.91. The fourth-order valence-electron chi connectivity index (χ4n) is 3.17. The van der Waals surface area contributed by atoms with E-state index in [1.165, 1.54) is 5.56 Å². The summed E-state index contributed by atoms with van der Waals surface area (Å²) < 4.78 is 0. The zero-order chi connectivity index (χ0) is 14.3. The maximum absolute atomic E-state index is 11.3. The molecule has 2 aromatic carbocycles. The Morgan fingerprint density at radius 1 is 1.20 bits per heavy atom. The number of benzene rings is 2. The van der Waals surface area contributed by atoms with Crippen LogP contribution in [0.2, 0.25) is 5.02 Å². The van der Waals surface area contributed by atoms with Crippen molar-refractivity contribution in [2.75, 3.05) is 0 Å². The maximum Gasteiger partial charge on any atom is 0.115 e. The van der Waals surface area contributed by atoms with Crippen LogP contribution in [0.1, 0.15) is 47.9 Å². The number of rotatable bonds is 1. The number of hydrogen-bond acceptors (Lipinski definition) is 1. The minimum absolute atomic E-state index is 0.493. The normalized spacial score (nSPS) is 25.3. The van der Waals surface area contributed by atoms with E-state index < -0.39 is 5.60 Å². The highest BCUT2D eigenvalue weighted by atomic mass is 35.5. The molecule has 1 nitrogen and oxygen atoms in total. The summed E-state index contributed by atoms with van der Waals surface area (Å²) in [7, 11) is 0. The van der Waals surface area contributed by atoms with Crippen LogP contribution in [-0.2, 0) is 5.60 Å². The number of fused-ring (bicyclic) bond motifs is 1. The van der Waals surface area contributed by atoms with Crippen LogP contribution in [-0.4, -0.2) is 5.11 Å². The molecule has 1 aliphatic carbocycles. The number of aliphatic hydroxyl groups is 1. The molecule has 0 fully saturated rings. The predicted octanol–water partition coefficient (Wildman–Crippen LogP) is 4.78. The quantitative estimate of drug-likeness (QED) is 0.800. The minimum Gasteiger partial charge on any atom is -0.380 e. The van der Waals surface area contributed by atoms with Crippen molar-refractivity contribution in [3.05, 3.63) is 69.7 Å². The van der Waals surface area contributed by atoms with E-state index in [1.54, 1.807) is 0 Å². The summed E-state index contributed by atoms with van der Waals surface area (Å²) in [5.74, 6) is 0.493. The number of aryl methyl sites for hydroxylation is 1. The largest absolute Gasteiger partial charge is 0.380 e. The van der Waals surface area contributed by atoms with Gasteiger partial charge in [-0.25, -0.2) is 0 Å². The molecule has 0 saturated heterocycles. The van der Waals surface area contributed by atoms with Crippen molar-refractivity contribution >= 4 is 11.6 Å². The van der Waals surface area contributed by atoms with E-state index in [9.17, 15) is 5.11 Å². The Morgan fingerprint density at radius 3 is 2.70 bits per heavy atom. The van der Waals surface area contributed by atoms with E-state index in [0.29, 0.717) is 10.9 Å². The lowest BCUT2D eigenvalue weighted by Crippen LogP contribution is -2.32. The molecule has 0 heterocycles. The van der Waals surface area contributed by atoms with Crippen molar-refractivity contribution in [1.29, 1.82) is 0 Å². The molecule has 0 spiro atoms. The zero-order valence-electron chi connectivity index (χ0n) is 11.9. The summed E-state index contributed by atoms with van der Waals surface area (Å²) in [5, 5.41) is 12.0. The highest BCUT2D eigenvalue weighted by Gasteiger charge is 2.38. The summed E-state index contributed by atoms with van der Waals surface area (Å²) in [6.07, 6.45) is 1.73. The van der Waals surface area contributed by atoms with Crippen molar-refractivity contribution in [3.63, 3.8) is 0 Å². The van der Waals surface area contributed by atoms with Gasteiger partial charge in [0.05, 0.1) is 0 Å². The van der Waals surface area contributed by atoms with Gasteiger partial charge in [-0.3, -0.25) is 0 Å². The van der Waals surface area contributed by atoms with Gasteiger partial charge in [0.2, 0.25) is 0 Å². The SMILES string of the molecule is Cc1ccc(C2(O)CCC(C)c3ccccc32)cc1Cl. The van der Waals surface area contributed by atoms with Crippen LogP contribution < -0.4 is 0 Å². The fraction of sp³-hybridized carbons (Fsp3) is 0.333. The van der Waals surface area contributed by atoms with E-state index in [-0.39, 0.29) is 0 Å². The molecule has 3 rings (SSSR count). The van der Waals surface area contributed by atoms with Gasteiger partial charge in [-0.05, 0) is 54.0 Å². The first kappa shape index (κ1) is 13.7. The average molecular weight is 287 g/mol. The summed E-state index contributed by atoms with van der Waals surface area (Å²) in [6.45, 7) is 4.20. The first-order valence-corrected chi connectivity index (χ1v) is 7.48. The Balaban J connectivity index is 2.17. The lowest BCUT2D eigenvalue weighted by atomic mass is 9.71. The second-order valence-corrected chi connectivity index (χ2v) is 6.26. The molecule has 2 heteroatoms. The number of hydrogen-bond donors (Lipinski definition) is 1. The molecule has 1 aliphatic rings. The Bertz CT molecular complexity index is 650. The van der Waals surface area contributed by atoms with Gasteiger partial charge in [-0.15, -0.1) is 0 Å². The zero-order valence-corrected chi connectivity index (χ0v) is 12.6. The van der Waals surface area contributed by atoms with Gasteiger partial charge < -0.3 is 5.11 Å². The molecule has 104 valence electrons. The molecule has 2 atom stereocenters. The van der Waals surface area contributed by atoms with Gasteiger partial charge in [0.25, 0.3) is 0 Å². The van der Waals surface area contributed by atoms with Crippen molar-refractivity contribution in [2.24, 2.45) is 0 Å². The van der Waals surface area contributed by atoms with Crippen molar-refractivity contribution in [3.8, 4) is 0 Å². The molecular weight excluding hydrogens is 268 g/mol. The lowest BCUT2D eigenvalue weighted by molar-refractivity contribution is 0.0579. The Hall–Kier alpha value is -1.31. The summed E-state index contributed by atoms with van der Waals surface area (Å²) >= 11 is 6.24. The minimum atomic E-state index is -0.916. The van der Waals surface area contributed by atoms with Crippen molar-refractivity contribution in [2.45, 2.75) is 38.2 Å². The summed E-state index contributed by atoms with van der Waals surface area (Å²) in [5.41, 5.74) is 3.29. The average Bonchev–Trinajstić information content (AvgIpc) is 2.46. The van der Waals surface area contributed by atoms with Crippen LogP contribution in [0, 0.1) is 6.92 Å². The molecule has 0 amide bonds. The van der Waals surface area contributed by atoms with Crippen molar-refractivity contribution in [1.82, 2.24) is 0 Å². The Kier molecular flexibility index (Phi) is 3.35. The standard InChI is InChI=1S/C18H19ClO/c1-12-9-10-18(20,16-6-4-3-5-15(12)16)14-8-7-13(2)17(19)11-14/h3-8,11-12,20H,9-10H2,1-2H3. The third-order valence-corrected chi connectivity index (χ3v) is 4.93. The molecular formula is C18H19ClO. The van der Waals surface area contributed by atoms with E-state index in [4.69, 9.17) is 11.6 Å². The molecule has 0 aliphatic heterocycles. The van der Waals surface area contributed by atoms with Gasteiger partial charge in [0.1, 0.15) is 5.60 Å². The van der Waals surface area contributed by atoms with E-state index >= 15 is 0 Å². The van der Waals surface area contributed by atoms with Gasteiger partial charge in [-0.1, -0.05) is 54.9 Å². The van der Waals surface area contributed by atoms with Crippen LogP contribution in [0.5, 0.6) is 0 Å². The number of halogens is 1. The van der Waals surface area contributed by atoms with Gasteiger partial charge in [0.15, 0.2) is 0 Å². The first-order chi connectivity index (χ1) is 9.52. The Morgan fingerprint density at radius 2 is 1.95 bits per heavy atom. The predicted molar refractivity (Wildman–Crippen MR) is 83.3 cm³/mol. The Labute approximate surface area is 125 Å². The molecule has 2 unspecified atom stereocenters. The van der Waals surface area contributed by atoms with Gasteiger partial charge in [0, 0.05) is 5.02 Å². The topological polar surface area (TPSA) is 20.2 Å². The smallest absolute Gasteiger partial charge is 0.115 e. The molecule has 0 aromatic heterocycles. The molecule has 20 heavy (non-hydrogen) atoms. The van der Waals surface area contributed by atoms with Gasteiger partial charge in [-0.2, -0.15) is 0 Å². The van der Waals surface area contributed by atoms with E-state index in [1.807, 2.05) is 43.3 Å². The van der Waals surface area contributed by atoms with Crippen molar-refractivity contribution < 1.29 is 5.11 Å². The molecule has 1 N–H and O–H groups in total. The molecule has 0 bridgehead atoms. The third-order valence-electron chi connectivity index (χ3n) is 4.53. The van der Waals surface area contributed by atoms with Crippen LogP contribution in [0.15, 0.2) is 42.5 Å². The molecule has 0 radical (unpaired) electrons. The second-order valence-electron chi connectivity index (χ2n) is 5.85. The monoisotopic (exact) mass is 286 g/mol. The highest BCUT2D eigenvalue weighted by molar-refractivity contribution is 6.31. The van der Waals surface area contributed by atoms with Crippen LogP contribution in [0.4, 0.5) is 0 Å². The highest BCUT2D eigenvalue weighted by Crippen LogP contribution is 2.45. The summed E-state index contributed by atoms with van der Waals surface area (Å²) in [4.78, 5) is 0. The lowest BCUT2D eigenvalue weighted by Gasteiger charge is -2.38. The molecule has 2 aromatic rings. The third kappa shape index (κ3) is 2.06. The van der Waals surface area contributed by atoms with Gasteiger partial charge >= 0.3 is 0 Å². The van der Waals surface area contributed by atoms with E-state index in [0.717, 1.165) is 29.5 Å². The van der Waals surface area contributed by atoms with Crippen LogP contribution >= 0.6 is 11.6 Å². The van der Waals surface area contributed by atoms with Crippen LogP contribution in [0.25, 0.3) is 0 Å². The maximum atomic E-state index is 11.3. The van der Waals surface area contributed by atoms with E-state index in [2.05, 4.69) is 13.0 Å². The van der Waals surface area contributed by atoms with Crippen LogP contribution in [0.3, 0.4) is 0 Å². The fourth-order valence-corrected chi connectivity index (χ4v) is 3.35. The molecule has 0 saturated carbocycles. The first-order valence-electron chi connectivity index (χ1n) is 7.11. The summed E-state index contributed by atoms with van der Waals surface area (Å²) in [6, 6.07) is 14.1.